The molecule has 126 valence electrons. The summed E-state index contributed by atoms with van der Waals surface area (Å²) in [7, 11) is 0. The lowest BCUT2D eigenvalue weighted by Gasteiger charge is -2.29. The highest BCUT2D eigenvalue weighted by molar-refractivity contribution is 5.80. The van der Waals surface area contributed by atoms with Gasteiger partial charge in [-0.3, -0.25) is 4.79 Å². The van der Waals surface area contributed by atoms with Gasteiger partial charge in [-0.15, -0.1) is 6.42 Å². The third kappa shape index (κ3) is 4.34. The molecule has 24 heavy (non-hydrogen) atoms. The Labute approximate surface area is 142 Å². The maximum absolute atomic E-state index is 13.0. The first kappa shape index (κ1) is 18.0. The van der Waals surface area contributed by atoms with Crippen molar-refractivity contribution in [1.29, 1.82) is 5.26 Å². The van der Waals surface area contributed by atoms with Crippen molar-refractivity contribution in [3.63, 3.8) is 0 Å². The van der Waals surface area contributed by atoms with E-state index >= 15 is 0 Å². The second-order valence-corrected chi connectivity index (χ2v) is 6.75. The van der Waals surface area contributed by atoms with Crippen LogP contribution >= 0.6 is 0 Å². The van der Waals surface area contributed by atoms with E-state index in [9.17, 15) is 14.4 Å². The molecule has 0 spiro atoms. The SMILES string of the molecule is C#C[C@@H]1CC[C@@H](C#N)N1C(=O)CNC(C)(C)Cc1ccc(F)cc1. The number of halogens is 1. The van der Waals surface area contributed by atoms with Gasteiger partial charge in [0.1, 0.15) is 11.9 Å². The van der Waals surface area contributed by atoms with Crippen LogP contribution in [0.15, 0.2) is 24.3 Å². The maximum atomic E-state index is 13.0. The molecule has 0 unspecified atom stereocenters. The molecule has 1 saturated heterocycles. The fourth-order valence-corrected chi connectivity index (χ4v) is 3.03. The average molecular weight is 327 g/mol. The smallest absolute Gasteiger partial charge is 0.238 e. The molecule has 1 aromatic rings. The minimum absolute atomic E-state index is 0.116. The Hall–Kier alpha value is -2.37. The summed E-state index contributed by atoms with van der Waals surface area (Å²) in [6.07, 6.45) is 7.41. The maximum Gasteiger partial charge on any atom is 0.238 e. The number of carbonyl (C=O) groups is 1. The Morgan fingerprint density at radius 1 is 1.38 bits per heavy atom. The van der Waals surface area contributed by atoms with E-state index in [4.69, 9.17) is 6.42 Å². The van der Waals surface area contributed by atoms with Gasteiger partial charge in [0.25, 0.3) is 0 Å². The van der Waals surface area contributed by atoms with Gasteiger partial charge in [0, 0.05) is 5.54 Å². The predicted molar refractivity (Wildman–Crippen MR) is 90.3 cm³/mol. The van der Waals surface area contributed by atoms with Crippen LogP contribution in [0.1, 0.15) is 32.3 Å². The standard InChI is InChI=1S/C19H22FN3O/c1-4-16-9-10-17(12-21)23(16)18(24)13-22-19(2,3)11-14-5-7-15(20)8-6-14/h1,5-8,16-17,22H,9-11,13H2,2-3H3/t16-,17+/m1/s1. The van der Waals surface area contributed by atoms with Crippen molar-refractivity contribution in [1.82, 2.24) is 10.2 Å². The molecule has 1 aliphatic rings. The molecular weight excluding hydrogens is 305 g/mol. The van der Waals surface area contributed by atoms with Crippen molar-refractivity contribution in [2.24, 2.45) is 0 Å². The van der Waals surface area contributed by atoms with Gasteiger partial charge >= 0.3 is 0 Å². The van der Waals surface area contributed by atoms with Gasteiger partial charge in [0.15, 0.2) is 0 Å². The van der Waals surface area contributed by atoms with E-state index in [1.165, 1.54) is 17.0 Å². The van der Waals surface area contributed by atoms with Crippen LogP contribution in [0, 0.1) is 29.5 Å². The molecule has 1 aromatic carbocycles. The fraction of sp³-hybridized carbons (Fsp3) is 0.474. The quantitative estimate of drug-likeness (QED) is 0.844. The Kier molecular flexibility index (Phi) is 5.59. The summed E-state index contributed by atoms with van der Waals surface area (Å²) < 4.78 is 13.0. The topological polar surface area (TPSA) is 56.1 Å². The molecule has 1 heterocycles. The number of carbonyl (C=O) groups excluding carboxylic acids is 1. The van der Waals surface area contributed by atoms with E-state index in [1.807, 2.05) is 13.8 Å². The number of rotatable bonds is 5. The van der Waals surface area contributed by atoms with Crippen LogP contribution in [0.4, 0.5) is 4.39 Å². The van der Waals surface area contributed by atoms with Gasteiger partial charge in [-0.25, -0.2) is 4.39 Å². The molecule has 1 N–H and O–H groups in total. The van der Waals surface area contributed by atoms with Gasteiger partial charge in [-0.2, -0.15) is 5.26 Å². The second kappa shape index (κ2) is 7.47. The van der Waals surface area contributed by atoms with Crippen molar-refractivity contribution in [3.05, 3.63) is 35.6 Å². The molecule has 0 bridgehead atoms. The van der Waals surface area contributed by atoms with Crippen LogP contribution in [0.2, 0.25) is 0 Å². The first-order valence-electron chi connectivity index (χ1n) is 8.02. The molecule has 2 rings (SSSR count). The number of nitriles is 1. The first-order valence-corrected chi connectivity index (χ1v) is 8.02. The van der Waals surface area contributed by atoms with E-state index < -0.39 is 6.04 Å². The molecule has 4 nitrogen and oxygen atoms in total. The summed E-state index contributed by atoms with van der Waals surface area (Å²) >= 11 is 0. The molecule has 5 heteroatoms. The fourth-order valence-electron chi connectivity index (χ4n) is 3.03. The highest BCUT2D eigenvalue weighted by Gasteiger charge is 2.36. The van der Waals surface area contributed by atoms with Crippen LogP contribution < -0.4 is 5.32 Å². The van der Waals surface area contributed by atoms with Gasteiger partial charge in [-0.05, 0) is 50.8 Å². The molecule has 1 amide bonds. The lowest BCUT2D eigenvalue weighted by atomic mass is 9.95. The number of terminal acetylenes is 1. The number of nitrogens with zero attached hydrogens (tertiary/aromatic N) is 2. The monoisotopic (exact) mass is 327 g/mol. The van der Waals surface area contributed by atoms with Gasteiger partial charge < -0.3 is 10.2 Å². The molecule has 0 saturated carbocycles. The summed E-state index contributed by atoms with van der Waals surface area (Å²) in [5.74, 6) is 2.17. The zero-order valence-corrected chi connectivity index (χ0v) is 14.1. The molecule has 0 aliphatic carbocycles. The lowest BCUT2D eigenvalue weighted by molar-refractivity contribution is -0.131. The normalized spacial score (nSPS) is 20.5. The van der Waals surface area contributed by atoms with Crippen molar-refractivity contribution >= 4 is 5.91 Å². The largest absolute Gasteiger partial charge is 0.312 e. The van der Waals surface area contributed by atoms with Crippen molar-refractivity contribution in [2.75, 3.05) is 6.54 Å². The van der Waals surface area contributed by atoms with E-state index in [0.717, 1.165) is 5.56 Å². The summed E-state index contributed by atoms with van der Waals surface area (Å²) in [5, 5.41) is 12.4. The summed E-state index contributed by atoms with van der Waals surface area (Å²) in [4.78, 5) is 14.0. The number of nitrogens with one attached hydrogen (secondary N) is 1. The van der Waals surface area contributed by atoms with Gasteiger partial charge in [0.2, 0.25) is 5.91 Å². The Morgan fingerprint density at radius 3 is 2.58 bits per heavy atom. The van der Waals surface area contributed by atoms with Crippen LogP contribution in [-0.2, 0) is 11.2 Å². The number of hydrogen-bond donors (Lipinski definition) is 1. The minimum Gasteiger partial charge on any atom is -0.312 e. The van der Waals surface area contributed by atoms with Crippen LogP contribution in [-0.4, -0.2) is 35.0 Å². The predicted octanol–water partition coefficient (Wildman–Crippen LogP) is 2.25. The molecule has 0 radical (unpaired) electrons. The van der Waals surface area contributed by atoms with Crippen molar-refractivity contribution < 1.29 is 9.18 Å². The molecular formula is C19H22FN3O. The summed E-state index contributed by atoms with van der Waals surface area (Å²) in [6, 6.07) is 7.73. The van der Waals surface area contributed by atoms with Gasteiger partial charge in [0.05, 0.1) is 18.7 Å². The van der Waals surface area contributed by atoms with Crippen LogP contribution in [0.5, 0.6) is 0 Å². The van der Waals surface area contributed by atoms with E-state index in [-0.39, 0.29) is 29.8 Å². The molecule has 1 aliphatic heterocycles. The third-order valence-corrected chi connectivity index (χ3v) is 4.29. The lowest BCUT2D eigenvalue weighted by Crippen LogP contribution is -2.50. The second-order valence-electron chi connectivity index (χ2n) is 6.75. The highest BCUT2D eigenvalue weighted by Crippen LogP contribution is 2.23. The zero-order valence-electron chi connectivity index (χ0n) is 14.1. The van der Waals surface area contributed by atoms with Crippen LogP contribution in [0.25, 0.3) is 0 Å². The number of benzene rings is 1. The Bertz CT molecular complexity index is 647. The molecule has 0 aromatic heterocycles. The minimum atomic E-state index is -0.444. The van der Waals surface area contributed by atoms with E-state index in [1.54, 1.807) is 12.1 Å². The number of hydrogen-bond acceptors (Lipinski definition) is 3. The summed E-state index contributed by atoms with van der Waals surface area (Å²) in [5.41, 5.74) is 0.639. The third-order valence-electron chi connectivity index (χ3n) is 4.29. The van der Waals surface area contributed by atoms with Crippen molar-refractivity contribution in [2.45, 2.75) is 50.7 Å². The molecule has 2 atom stereocenters. The Morgan fingerprint density at radius 2 is 2.00 bits per heavy atom. The Balaban J connectivity index is 1.95. The number of amides is 1. The zero-order chi connectivity index (χ0) is 17.7. The van der Waals surface area contributed by atoms with Gasteiger partial charge in [-0.1, -0.05) is 18.1 Å². The van der Waals surface area contributed by atoms with Crippen LogP contribution in [0.3, 0.4) is 0 Å². The highest BCUT2D eigenvalue weighted by atomic mass is 19.1. The molecule has 1 fully saturated rings. The van der Waals surface area contributed by atoms with E-state index in [2.05, 4.69) is 17.3 Å². The number of likely N-dealkylation sites (tertiary alicyclic amines) is 1. The first-order chi connectivity index (χ1) is 11.4. The van der Waals surface area contributed by atoms with Crippen molar-refractivity contribution in [3.8, 4) is 18.4 Å². The summed E-state index contributed by atoms with van der Waals surface area (Å²) in [6.45, 7) is 4.08. The average Bonchev–Trinajstić information content (AvgIpc) is 2.98. The van der Waals surface area contributed by atoms with E-state index in [0.29, 0.717) is 19.3 Å².